The first-order valence-corrected chi connectivity index (χ1v) is 9.22. The van der Waals surface area contributed by atoms with E-state index in [4.69, 9.17) is 9.47 Å². The summed E-state index contributed by atoms with van der Waals surface area (Å²) in [5.41, 5.74) is 2.52. The van der Waals surface area contributed by atoms with Crippen molar-refractivity contribution in [2.24, 2.45) is 0 Å². The van der Waals surface area contributed by atoms with Crippen LogP contribution < -0.4 is 9.47 Å². The van der Waals surface area contributed by atoms with Crippen molar-refractivity contribution < 1.29 is 14.3 Å². The molecule has 2 aromatic carbocycles. The topological polar surface area (TPSA) is 56.6 Å². The molecule has 0 saturated carbocycles. The average molecular weight is 379 g/mol. The molecular formula is C22H25N3O3. The van der Waals surface area contributed by atoms with Gasteiger partial charge >= 0.3 is 0 Å². The zero-order chi connectivity index (χ0) is 19.9. The number of aromatic nitrogens is 2. The minimum absolute atomic E-state index is 0.0336. The van der Waals surface area contributed by atoms with Gasteiger partial charge in [-0.25, -0.2) is 0 Å². The van der Waals surface area contributed by atoms with E-state index in [1.54, 1.807) is 19.1 Å². The lowest BCUT2D eigenvalue weighted by molar-refractivity contribution is 0.0783. The number of carbonyl (C=O) groups excluding carboxylic acids is 1. The fourth-order valence-corrected chi connectivity index (χ4v) is 2.78. The fourth-order valence-electron chi connectivity index (χ4n) is 2.78. The van der Waals surface area contributed by atoms with E-state index < -0.39 is 0 Å². The van der Waals surface area contributed by atoms with Crippen LogP contribution in [0.3, 0.4) is 0 Å². The largest absolute Gasteiger partial charge is 0.497 e. The molecule has 1 amide bonds. The van der Waals surface area contributed by atoms with Gasteiger partial charge in [-0.2, -0.15) is 5.10 Å². The first kappa shape index (κ1) is 19.5. The molecule has 0 aliphatic heterocycles. The second-order valence-corrected chi connectivity index (χ2v) is 6.49. The molecule has 6 heteroatoms. The predicted molar refractivity (Wildman–Crippen MR) is 107 cm³/mol. The Morgan fingerprint density at radius 1 is 1.04 bits per heavy atom. The molecule has 0 aliphatic rings. The van der Waals surface area contributed by atoms with Crippen LogP contribution in [0, 0.1) is 0 Å². The molecule has 0 aliphatic carbocycles. The Kier molecular flexibility index (Phi) is 6.32. The van der Waals surface area contributed by atoms with Crippen molar-refractivity contribution in [1.29, 1.82) is 0 Å². The van der Waals surface area contributed by atoms with Gasteiger partial charge in [-0.15, -0.1) is 0 Å². The Labute approximate surface area is 165 Å². The lowest BCUT2D eigenvalue weighted by Gasteiger charge is -2.16. The third-order valence-electron chi connectivity index (χ3n) is 4.43. The second-order valence-electron chi connectivity index (χ2n) is 6.49. The summed E-state index contributed by atoms with van der Waals surface area (Å²) in [5, 5.41) is 4.42. The van der Waals surface area contributed by atoms with Crippen molar-refractivity contribution in [2.45, 2.75) is 26.6 Å². The zero-order valence-electron chi connectivity index (χ0n) is 16.5. The molecular weight excluding hydrogens is 354 g/mol. The average Bonchev–Trinajstić information content (AvgIpc) is 3.20. The molecule has 0 unspecified atom stereocenters. The van der Waals surface area contributed by atoms with Crippen molar-refractivity contribution in [1.82, 2.24) is 14.7 Å². The Balaban J connectivity index is 1.55. The number of rotatable bonds is 8. The van der Waals surface area contributed by atoms with Crippen molar-refractivity contribution >= 4 is 5.91 Å². The van der Waals surface area contributed by atoms with E-state index in [0.29, 0.717) is 18.7 Å². The number of hydrogen-bond donors (Lipinski definition) is 0. The molecule has 146 valence electrons. The molecule has 3 rings (SSSR count). The van der Waals surface area contributed by atoms with E-state index >= 15 is 0 Å². The Bertz CT molecular complexity index is 902. The minimum atomic E-state index is -0.0336. The van der Waals surface area contributed by atoms with E-state index in [2.05, 4.69) is 5.10 Å². The van der Waals surface area contributed by atoms with Crippen LogP contribution in [0.5, 0.6) is 11.5 Å². The van der Waals surface area contributed by atoms with Crippen molar-refractivity contribution in [2.75, 3.05) is 14.2 Å². The Morgan fingerprint density at radius 3 is 2.32 bits per heavy atom. The highest BCUT2D eigenvalue weighted by atomic mass is 16.5. The van der Waals surface area contributed by atoms with Gasteiger partial charge in [0.15, 0.2) is 0 Å². The molecule has 28 heavy (non-hydrogen) atoms. The number of benzene rings is 2. The molecule has 0 fully saturated rings. The molecule has 0 N–H and O–H groups in total. The van der Waals surface area contributed by atoms with Gasteiger partial charge in [-0.3, -0.25) is 9.48 Å². The number of amides is 1. The standard InChI is InChI=1S/C22H25N3O3/c1-4-25-14-13-19(23-25)15-24(2)22(26)18-7-5-17(6-8-18)16-28-21-11-9-20(27-3)10-12-21/h5-14H,4,15-16H2,1-3H3. The molecule has 0 spiro atoms. The van der Waals surface area contributed by atoms with Crippen LogP contribution in [0.2, 0.25) is 0 Å². The van der Waals surface area contributed by atoms with Gasteiger partial charge < -0.3 is 14.4 Å². The Hall–Kier alpha value is -3.28. The first-order chi connectivity index (χ1) is 13.6. The van der Waals surface area contributed by atoms with Crippen molar-refractivity contribution in [3.05, 3.63) is 77.6 Å². The van der Waals surface area contributed by atoms with Crippen LogP contribution in [-0.2, 0) is 19.7 Å². The number of nitrogens with zero attached hydrogens (tertiary/aromatic N) is 3. The highest BCUT2D eigenvalue weighted by Gasteiger charge is 2.13. The molecule has 0 radical (unpaired) electrons. The zero-order valence-corrected chi connectivity index (χ0v) is 16.5. The smallest absolute Gasteiger partial charge is 0.253 e. The van der Waals surface area contributed by atoms with Crippen LogP contribution in [0.15, 0.2) is 60.8 Å². The third-order valence-corrected chi connectivity index (χ3v) is 4.43. The fraction of sp³-hybridized carbons (Fsp3) is 0.273. The van der Waals surface area contributed by atoms with Crippen LogP contribution in [0.1, 0.15) is 28.5 Å². The van der Waals surface area contributed by atoms with E-state index in [-0.39, 0.29) is 5.91 Å². The minimum Gasteiger partial charge on any atom is -0.497 e. The molecule has 0 bridgehead atoms. The first-order valence-electron chi connectivity index (χ1n) is 9.22. The number of hydrogen-bond acceptors (Lipinski definition) is 4. The summed E-state index contributed by atoms with van der Waals surface area (Å²) in [6, 6.07) is 16.9. The maximum absolute atomic E-state index is 12.6. The quantitative estimate of drug-likeness (QED) is 0.598. The van der Waals surface area contributed by atoms with Crippen molar-refractivity contribution in [3.8, 4) is 11.5 Å². The Morgan fingerprint density at radius 2 is 1.71 bits per heavy atom. The third kappa shape index (κ3) is 4.91. The summed E-state index contributed by atoms with van der Waals surface area (Å²) in [7, 11) is 3.42. The maximum Gasteiger partial charge on any atom is 0.253 e. The van der Waals surface area contributed by atoms with Gasteiger partial charge in [0.05, 0.1) is 19.3 Å². The lowest BCUT2D eigenvalue weighted by atomic mass is 10.1. The summed E-state index contributed by atoms with van der Waals surface area (Å²) in [6.45, 7) is 3.77. The van der Waals surface area contributed by atoms with Crippen molar-refractivity contribution in [3.63, 3.8) is 0 Å². The van der Waals surface area contributed by atoms with Gasteiger partial charge in [0, 0.05) is 25.4 Å². The highest BCUT2D eigenvalue weighted by Crippen LogP contribution is 2.18. The van der Waals surface area contributed by atoms with Gasteiger partial charge in [-0.05, 0) is 55.0 Å². The summed E-state index contributed by atoms with van der Waals surface area (Å²) < 4.78 is 12.8. The predicted octanol–water partition coefficient (Wildman–Crippen LogP) is 3.76. The molecule has 0 saturated heterocycles. The van der Waals surface area contributed by atoms with Crippen LogP contribution in [-0.4, -0.2) is 34.7 Å². The summed E-state index contributed by atoms with van der Waals surface area (Å²) in [6.07, 6.45) is 1.92. The van der Waals surface area contributed by atoms with E-state index in [9.17, 15) is 4.79 Å². The van der Waals surface area contributed by atoms with Gasteiger partial charge in [-0.1, -0.05) is 12.1 Å². The molecule has 3 aromatic rings. The lowest BCUT2D eigenvalue weighted by Crippen LogP contribution is -2.26. The monoisotopic (exact) mass is 379 g/mol. The number of carbonyl (C=O) groups is 1. The molecule has 1 aromatic heterocycles. The van der Waals surface area contributed by atoms with Crippen LogP contribution in [0.4, 0.5) is 0 Å². The van der Waals surface area contributed by atoms with E-state index in [1.165, 1.54) is 0 Å². The molecule has 1 heterocycles. The van der Waals surface area contributed by atoms with Crippen LogP contribution in [0.25, 0.3) is 0 Å². The van der Waals surface area contributed by atoms with E-state index in [1.807, 2.05) is 72.4 Å². The van der Waals surface area contributed by atoms with Gasteiger partial charge in [0.2, 0.25) is 0 Å². The van der Waals surface area contributed by atoms with Crippen LogP contribution >= 0.6 is 0 Å². The SMILES string of the molecule is CCn1ccc(CN(C)C(=O)c2ccc(COc3ccc(OC)cc3)cc2)n1. The van der Waals surface area contributed by atoms with Gasteiger partial charge in [0.1, 0.15) is 18.1 Å². The molecule has 6 nitrogen and oxygen atoms in total. The highest BCUT2D eigenvalue weighted by molar-refractivity contribution is 5.94. The number of methoxy groups -OCH3 is 1. The summed E-state index contributed by atoms with van der Waals surface area (Å²) in [4.78, 5) is 14.3. The number of ether oxygens (including phenoxy) is 2. The normalized spacial score (nSPS) is 10.5. The maximum atomic E-state index is 12.6. The summed E-state index contributed by atoms with van der Waals surface area (Å²) >= 11 is 0. The summed E-state index contributed by atoms with van der Waals surface area (Å²) in [5.74, 6) is 1.53. The second kappa shape index (κ2) is 9.08. The number of aryl methyl sites for hydroxylation is 1. The van der Waals surface area contributed by atoms with E-state index in [0.717, 1.165) is 29.3 Å². The molecule has 0 atom stereocenters. The van der Waals surface area contributed by atoms with Gasteiger partial charge in [0.25, 0.3) is 5.91 Å².